The Balaban J connectivity index is 2.00. The molecule has 0 atom stereocenters. The Bertz CT molecular complexity index is 414. The van der Waals surface area contributed by atoms with Crippen molar-refractivity contribution in [1.29, 1.82) is 0 Å². The highest BCUT2D eigenvalue weighted by atomic mass is 32.2. The van der Waals surface area contributed by atoms with Gasteiger partial charge in [-0.25, -0.2) is 0 Å². The number of thioether (sulfide) groups is 2. The van der Waals surface area contributed by atoms with E-state index in [0.29, 0.717) is 16.9 Å². The van der Waals surface area contributed by atoms with Crippen LogP contribution in [0.15, 0.2) is 24.3 Å². The van der Waals surface area contributed by atoms with Gasteiger partial charge in [-0.1, -0.05) is 26.0 Å². The molecule has 1 fully saturated rings. The van der Waals surface area contributed by atoms with E-state index >= 15 is 0 Å². The zero-order valence-electron chi connectivity index (χ0n) is 10.8. The minimum atomic E-state index is 0.105. The van der Waals surface area contributed by atoms with Crippen LogP contribution in [0.25, 0.3) is 0 Å². The van der Waals surface area contributed by atoms with E-state index in [1.807, 2.05) is 35.7 Å². The molecule has 1 aromatic carbocycles. The number of benzene rings is 1. The number of carbonyl (C=O) groups is 1. The minimum Gasteiger partial charge on any atom is -0.326 e. The van der Waals surface area contributed by atoms with Gasteiger partial charge in [-0.3, -0.25) is 4.79 Å². The molecule has 0 aromatic heterocycles. The fourth-order valence-corrected chi connectivity index (χ4v) is 4.74. The number of hydrogen-bond donors (Lipinski definition) is 1. The quantitative estimate of drug-likeness (QED) is 0.899. The average Bonchev–Trinajstić information content (AvgIpc) is 2.81. The zero-order valence-corrected chi connectivity index (χ0v) is 12.4. The first-order valence-corrected chi connectivity index (χ1v) is 8.38. The molecule has 98 valence electrons. The molecule has 1 amide bonds. The van der Waals surface area contributed by atoms with Crippen LogP contribution in [0.4, 0.5) is 5.69 Å². The summed E-state index contributed by atoms with van der Waals surface area (Å²) in [6.45, 7) is 4.11. The molecule has 1 N–H and O–H groups in total. The Morgan fingerprint density at radius 2 is 2.11 bits per heavy atom. The first-order chi connectivity index (χ1) is 8.65. The van der Waals surface area contributed by atoms with E-state index in [1.54, 1.807) is 0 Å². The third kappa shape index (κ3) is 3.95. The number of anilines is 1. The summed E-state index contributed by atoms with van der Waals surface area (Å²) < 4.78 is 0.534. The second-order valence-corrected chi connectivity index (χ2v) is 7.57. The Labute approximate surface area is 117 Å². The molecule has 0 bridgehead atoms. The molecule has 0 saturated carbocycles. The molecule has 0 unspecified atom stereocenters. The summed E-state index contributed by atoms with van der Waals surface area (Å²) in [6.07, 6.45) is 0.581. The molecule has 1 saturated heterocycles. The third-order valence-corrected chi connectivity index (χ3v) is 5.76. The molecule has 18 heavy (non-hydrogen) atoms. The van der Waals surface area contributed by atoms with Gasteiger partial charge < -0.3 is 5.32 Å². The number of carbonyl (C=O) groups excluding carboxylic acids is 1. The van der Waals surface area contributed by atoms with Crippen molar-refractivity contribution in [3.8, 4) is 0 Å². The molecule has 0 radical (unpaired) electrons. The van der Waals surface area contributed by atoms with E-state index in [9.17, 15) is 4.79 Å². The monoisotopic (exact) mass is 281 g/mol. The Morgan fingerprint density at radius 1 is 1.39 bits per heavy atom. The zero-order chi connectivity index (χ0) is 13.0. The van der Waals surface area contributed by atoms with Gasteiger partial charge in [0.1, 0.15) is 0 Å². The Hall–Kier alpha value is -0.610. The average molecular weight is 281 g/mol. The molecule has 0 aliphatic carbocycles. The van der Waals surface area contributed by atoms with E-state index < -0.39 is 0 Å². The van der Waals surface area contributed by atoms with E-state index in [1.165, 1.54) is 17.1 Å². The van der Waals surface area contributed by atoms with E-state index in [4.69, 9.17) is 0 Å². The van der Waals surface area contributed by atoms with Gasteiger partial charge in [-0.15, -0.1) is 23.5 Å². The molecule has 2 nitrogen and oxygen atoms in total. The predicted octanol–water partition coefficient (Wildman–Crippen LogP) is 4.15. The van der Waals surface area contributed by atoms with E-state index in [-0.39, 0.29) is 5.91 Å². The minimum absolute atomic E-state index is 0.105. The van der Waals surface area contributed by atoms with Gasteiger partial charge in [-0.2, -0.15) is 0 Å². The number of amides is 1. The lowest BCUT2D eigenvalue weighted by molar-refractivity contribution is -0.116. The molecule has 2 rings (SSSR count). The Morgan fingerprint density at radius 3 is 2.78 bits per heavy atom. The van der Waals surface area contributed by atoms with Crippen LogP contribution in [0.1, 0.15) is 30.4 Å². The lowest BCUT2D eigenvalue weighted by Gasteiger charge is -2.11. The second-order valence-electron chi connectivity index (χ2n) is 4.85. The summed E-state index contributed by atoms with van der Waals surface area (Å²) in [4.78, 5) is 11.7. The standard InChI is InChI=1S/C14H19NOS2/c1-10(2)8-13(16)15-12-5-3-4-11(9-12)14-17-6-7-18-14/h3-5,9-10,14H,6-8H2,1-2H3,(H,15,16). The van der Waals surface area contributed by atoms with Crippen molar-refractivity contribution >= 4 is 35.1 Å². The molecule has 4 heteroatoms. The highest BCUT2D eigenvalue weighted by Crippen LogP contribution is 2.45. The second kappa shape index (κ2) is 6.53. The maximum absolute atomic E-state index is 11.7. The largest absolute Gasteiger partial charge is 0.326 e. The fourth-order valence-electron chi connectivity index (χ4n) is 1.90. The maximum atomic E-state index is 11.7. The first-order valence-electron chi connectivity index (χ1n) is 6.28. The highest BCUT2D eigenvalue weighted by molar-refractivity contribution is 8.19. The number of hydrogen-bond acceptors (Lipinski definition) is 3. The summed E-state index contributed by atoms with van der Waals surface area (Å²) in [5.74, 6) is 2.95. The van der Waals surface area contributed by atoms with Gasteiger partial charge in [-0.05, 0) is 23.6 Å². The molecular weight excluding hydrogens is 262 g/mol. The molecule has 1 aliphatic heterocycles. The van der Waals surface area contributed by atoms with Gasteiger partial charge in [0.05, 0.1) is 4.58 Å². The molecule has 0 spiro atoms. The van der Waals surface area contributed by atoms with Crippen molar-refractivity contribution in [2.24, 2.45) is 5.92 Å². The summed E-state index contributed by atoms with van der Waals surface area (Å²) in [5, 5.41) is 2.98. The van der Waals surface area contributed by atoms with Crippen molar-refractivity contribution in [2.75, 3.05) is 16.8 Å². The van der Waals surface area contributed by atoms with Gasteiger partial charge in [0, 0.05) is 23.6 Å². The SMILES string of the molecule is CC(C)CC(=O)Nc1cccc(C2SCCS2)c1. The van der Waals surface area contributed by atoms with Crippen LogP contribution in [0, 0.1) is 5.92 Å². The fraction of sp³-hybridized carbons (Fsp3) is 0.500. The molecule has 1 aliphatic rings. The predicted molar refractivity (Wildman–Crippen MR) is 82.2 cm³/mol. The third-order valence-electron chi connectivity index (χ3n) is 2.66. The van der Waals surface area contributed by atoms with Crippen LogP contribution in [0.3, 0.4) is 0 Å². The van der Waals surface area contributed by atoms with E-state index in [0.717, 1.165) is 5.69 Å². The maximum Gasteiger partial charge on any atom is 0.224 e. The van der Waals surface area contributed by atoms with Crippen molar-refractivity contribution in [3.63, 3.8) is 0 Å². The van der Waals surface area contributed by atoms with Gasteiger partial charge in [0.15, 0.2) is 0 Å². The summed E-state index contributed by atoms with van der Waals surface area (Å²) >= 11 is 3.97. The summed E-state index contributed by atoms with van der Waals surface area (Å²) in [6, 6.07) is 8.24. The topological polar surface area (TPSA) is 29.1 Å². The summed E-state index contributed by atoms with van der Waals surface area (Å²) in [5.41, 5.74) is 2.23. The van der Waals surface area contributed by atoms with Crippen LogP contribution >= 0.6 is 23.5 Å². The van der Waals surface area contributed by atoms with Gasteiger partial charge in [0.2, 0.25) is 5.91 Å². The molecule has 1 aromatic rings. The van der Waals surface area contributed by atoms with Crippen LogP contribution in [0.5, 0.6) is 0 Å². The first kappa shape index (κ1) is 13.8. The molecule has 1 heterocycles. The van der Waals surface area contributed by atoms with Crippen molar-refractivity contribution in [3.05, 3.63) is 29.8 Å². The van der Waals surface area contributed by atoms with Crippen molar-refractivity contribution < 1.29 is 4.79 Å². The van der Waals surface area contributed by atoms with Crippen molar-refractivity contribution in [2.45, 2.75) is 24.9 Å². The van der Waals surface area contributed by atoms with Crippen LogP contribution < -0.4 is 5.32 Å². The van der Waals surface area contributed by atoms with Gasteiger partial charge >= 0.3 is 0 Å². The number of nitrogens with one attached hydrogen (secondary N) is 1. The lowest BCUT2D eigenvalue weighted by atomic mass is 10.1. The van der Waals surface area contributed by atoms with E-state index in [2.05, 4.69) is 31.3 Å². The lowest BCUT2D eigenvalue weighted by Crippen LogP contribution is -2.13. The summed E-state index contributed by atoms with van der Waals surface area (Å²) in [7, 11) is 0. The van der Waals surface area contributed by atoms with Crippen LogP contribution in [-0.4, -0.2) is 17.4 Å². The van der Waals surface area contributed by atoms with Crippen LogP contribution in [-0.2, 0) is 4.79 Å². The van der Waals surface area contributed by atoms with Crippen molar-refractivity contribution in [1.82, 2.24) is 0 Å². The Kier molecular flexibility index (Phi) is 5.01. The molecular formula is C14H19NOS2. The normalized spacial score (nSPS) is 16.2. The number of rotatable bonds is 4. The van der Waals surface area contributed by atoms with Crippen LogP contribution in [0.2, 0.25) is 0 Å². The smallest absolute Gasteiger partial charge is 0.224 e. The van der Waals surface area contributed by atoms with Gasteiger partial charge in [0.25, 0.3) is 0 Å². The highest BCUT2D eigenvalue weighted by Gasteiger charge is 2.18.